The maximum absolute atomic E-state index is 12.4. The number of hydrogen-bond donors (Lipinski definition) is 1. The second-order valence-electron chi connectivity index (χ2n) is 6.32. The van der Waals surface area contributed by atoms with Gasteiger partial charge >= 0.3 is 0 Å². The van der Waals surface area contributed by atoms with Crippen LogP contribution < -0.4 is 5.32 Å². The van der Waals surface area contributed by atoms with Gasteiger partial charge in [-0.2, -0.15) is 0 Å². The number of benzene rings is 1. The first-order chi connectivity index (χ1) is 12.8. The normalized spacial score (nSPS) is 17.9. The third-order valence-electron chi connectivity index (χ3n) is 4.33. The summed E-state index contributed by atoms with van der Waals surface area (Å²) < 4.78 is 23.9. The molecule has 0 aliphatic carbocycles. The number of nitrogens with zero attached hydrogens (tertiary/aromatic N) is 1. The van der Waals surface area contributed by atoms with Crippen molar-refractivity contribution in [2.45, 2.75) is 13.0 Å². The van der Waals surface area contributed by atoms with Gasteiger partial charge in [0.15, 0.2) is 9.84 Å². The molecule has 3 rings (SSSR count). The van der Waals surface area contributed by atoms with Crippen LogP contribution in [0.2, 0.25) is 5.02 Å². The van der Waals surface area contributed by atoms with Gasteiger partial charge in [0.1, 0.15) is 6.04 Å². The summed E-state index contributed by atoms with van der Waals surface area (Å²) in [4.78, 5) is 26.7. The molecule has 1 N–H and O–H groups in total. The lowest BCUT2D eigenvalue weighted by molar-refractivity contribution is -0.134. The number of sulfone groups is 1. The third-order valence-corrected chi connectivity index (χ3v) is 7.60. The molecule has 1 aliphatic heterocycles. The molecule has 0 radical (unpaired) electrons. The van der Waals surface area contributed by atoms with Gasteiger partial charge in [0, 0.05) is 34.1 Å². The van der Waals surface area contributed by atoms with E-state index in [1.165, 1.54) is 22.3 Å². The van der Waals surface area contributed by atoms with Gasteiger partial charge in [0.05, 0.1) is 16.5 Å². The molecule has 0 bridgehead atoms. The van der Waals surface area contributed by atoms with Crippen LogP contribution in [-0.4, -0.2) is 55.8 Å². The van der Waals surface area contributed by atoms with E-state index >= 15 is 0 Å². The van der Waals surface area contributed by atoms with Crippen molar-refractivity contribution in [2.75, 3.05) is 24.6 Å². The number of carbonyl (C=O) groups excluding carboxylic acids is 2. The number of fused-ring (bicyclic) bond motifs is 1. The van der Waals surface area contributed by atoms with Crippen molar-refractivity contribution >= 4 is 60.8 Å². The number of carbonyl (C=O) groups is 2. The predicted molar refractivity (Wildman–Crippen MR) is 109 cm³/mol. The molecule has 1 atom stereocenters. The van der Waals surface area contributed by atoms with Gasteiger partial charge in [-0.3, -0.25) is 9.59 Å². The van der Waals surface area contributed by atoms with Crippen LogP contribution in [0.3, 0.4) is 0 Å². The van der Waals surface area contributed by atoms with E-state index in [1.807, 2.05) is 24.3 Å². The molecule has 1 aliphatic rings. The van der Waals surface area contributed by atoms with Gasteiger partial charge < -0.3 is 10.2 Å². The molecule has 144 valence electrons. The van der Waals surface area contributed by atoms with E-state index in [0.29, 0.717) is 5.02 Å². The van der Waals surface area contributed by atoms with Crippen molar-refractivity contribution in [3.05, 3.63) is 40.2 Å². The second kappa shape index (κ2) is 8.00. The fourth-order valence-electron chi connectivity index (χ4n) is 2.82. The molecule has 0 unspecified atom stereocenters. The largest absolute Gasteiger partial charge is 0.341 e. The minimum absolute atomic E-state index is 0.0380. The quantitative estimate of drug-likeness (QED) is 0.760. The Labute approximate surface area is 166 Å². The molecule has 1 fully saturated rings. The van der Waals surface area contributed by atoms with Gasteiger partial charge in [-0.15, -0.1) is 11.3 Å². The summed E-state index contributed by atoms with van der Waals surface area (Å²) >= 11 is 7.82. The predicted octanol–water partition coefficient (Wildman–Crippen LogP) is 2.33. The van der Waals surface area contributed by atoms with E-state index in [1.54, 1.807) is 13.0 Å². The van der Waals surface area contributed by atoms with Crippen LogP contribution in [0.15, 0.2) is 30.3 Å². The number of thiophene rings is 1. The summed E-state index contributed by atoms with van der Waals surface area (Å²) in [5, 5.41) is 4.15. The highest BCUT2D eigenvalue weighted by atomic mass is 35.5. The highest BCUT2D eigenvalue weighted by molar-refractivity contribution is 7.91. The molecular weight excluding hydrogens is 408 g/mol. The smallest absolute Gasteiger partial charge is 0.244 e. The van der Waals surface area contributed by atoms with Crippen LogP contribution >= 0.6 is 22.9 Å². The lowest BCUT2D eigenvalue weighted by Crippen LogP contribution is -2.51. The molecule has 1 aromatic carbocycles. The van der Waals surface area contributed by atoms with Crippen molar-refractivity contribution in [3.63, 3.8) is 0 Å². The van der Waals surface area contributed by atoms with Crippen molar-refractivity contribution in [1.82, 2.24) is 10.2 Å². The molecule has 2 amide bonds. The van der Waals surface area contributed by atoms with E-state index in [0.717, 1.165) is 15.0 Å². The summed E-state index contributed by atoms with van der Waals surface area (Å²) in [6, 6.07) is 6.98. The molecule has 27 heavy (non-hydrogen) atoms. The minimum atomic E-state index is -3.06. The van der Waals surface area contributed by atoms with Gasteiger partial charge in [0.2, 0.25) is 11.8 Å². The summed E-state index contributed by atoms with van der Waals surface area (Å²) in [6.45, 7) is 1.91. The molecule has 0 saturated carbocycles. The first-order valence-corrected chi connectivity index (χ1v) is 11.4. The third kappa shape index (κ3) is 4.69. The van der Waals surface area contributed by atoms with Gasteiger partial charge in [-0.1, -0.05) is 29.8 Å². The Morgan fingerprint density at radius 1 is 1.26 bits per heavy atom. The average molecular weight is 427 g/mol. The first-order valence-electron chi connectivity index (χ1n) is 8.41. The highest BCUT2D eigenvalue weighted by Crippen LogP contribution is 2.35. The molecular formula is C18H19ClN2O4S2. The van der Waals surface area contributed by atoms with E-state index in [-0.39, 0.29) is 30.5 Å². The second-order valence-corrected chi connectivity index (χ2v) is 10.1. The van der Waals surface area contributed by atoms with Crippen LogP contribution in [0.1, 0.15) is 11.8 Å². The van der Waals surface area contributed by atoms with Crippen LogP contribution in [0.4, 0.5) is 0 Å². The van der Waals surface area contributed by atoms with Crippen LogP contribution in [0.25, 0.3) is 16.2 Å². The lowest BCUT2D eigenvalue weighted by atomic mass is 10.2. The SMILES string of the molecule is C[C@H](NC(=O)/C=C\c1sc2ccccc2c1Cl)C(=O)N1CCS(=O)(=O)CC1. The maximum atomic E-state index is 12.4. The summed E-state index contributed by atoms with van der Waals surface area (Å²) in [5.74, 6) is -0.770. The fraction of sp³-hybridized carbons (Fsp3) is 0.333. The number of halogens is 1. The Kier molecular flexibility index (Phi) is 5.88. The topological polar surface area (TPSA) is 83.6 Å². The van der Waals surface area contributed by atoms with Crippen molar-refractivity contribution in [2.24, 2.45) is 0 Å². The molecule has 2 aromatic rings. The minimum Gasteiger partial charge on any atom is -0.341 e. The maximum Gasteiger partial charge on any atom is 0.244 e. The van der Waals surface area contributed by atoms with Gasteiger partial charge in [-0.05, 0) is 19.1 Å². The van der Waals surface area contributed by atoms with E-state index < -0.39 is 21.8 Å². The zero-order valence-corrected chi connectivity index (χ0v) is 17.0. The number of amides is 2. The standard InChI is InChI=1S/C18H19ClN2O4S2/c1-12(18(23)21-8-10-27(24,25)11-9-21)20-16(22)7-6-15-17(19)13-4-2-3-5-14(13)26-15/h2-7,12H,8-11H2,1H3,(H,20,22)/b7-6-/t12-/m0/s1. The van der Waals surface area contributed by atoms with Crippen molar-refractivity contribution < 1.29 is 18.0 Å². The number of hydrogen-bond acceptors (Lipinski definition) is 5. The van der Waals surface area contributed by atoms with E-state index in [2.05, 4.69) is 5.32 Å². The molecule has 2 heterocycles. The zero-order valence-electron chi connectivity index (χ0n) is 14.6. The van der Waals surface area contributed by atoms with Gasteiger partial charge in [-0.25, -0.2) is 8.42 Å². The fourth-order valence-corrected chi connectivity index (χ4v) is 5.42. The Bertz CT molecular complexity index is 1000. The Morgan fingerprint density at radius 2 is 1.93 bits per heavy atom. The number of rotatable bonds is 4. The van der Waals surface area contributed by atoms with Crippen LogP contribution in [0, 0.1) is 0 Å². The van der Waals surface area contributed by atoms with Crippen molar-refractivity contribution in [1.29, 1.82) is 0 Å². The Morgan fingerprint density at radius 3 is 2.59 bits per heavy atom. The summed E-state index contributed by atoms with van der Waals surface area (Å²) in [5.41, 5.74) is 0. The molecule has 9 heteroatoms. The van der Waals surface area contributed by atoms with Gasteiger partial charge in [0.25, 0.3) is 0 Å². The summed E-state index contributed by atoms with van der Waals surface area (Å²) in [6.07, 6.45) is 2.98. The molecule has 0 spiro atoms. The monoisotopic (exact) mass is 426 g/mol. The molecule has 1 aromatic heterocycles. The van der Waals surface area contributed by atoms with Crippen LogP contribution in [-0.2, 0) is 19.4 Å². The average Bonchev–Trinajstić information content (AvgIpc) is 2.95. The zero-order chi connectivity index (χ0) is 19.6. The van der Waals surface area contributed by atoms with E-state index in [9.17, 15) is 18.0 Å². The molecule has 6 nitrogen and oxygen atoms in total. The van der Waals surface area contributed by atoms with E-state index in [4.69, 9.17) is 11.6 Å². The first kappa shape index (κ1) is 19.9. The Hall–Kier alpha value is -1.90. The van der Waals surface area contributed by atoms with Crippen LogP contribution in [0.5, 0.6) is 0 Å². The molecule has 1 saturated heterocycles. The van der Waals surface area contributed by atoms with Crippen molar-refractivity contribution in [3.8, 4) is 0 Å². The Balaban J connectivity index is 1.60. The lowest BCUT2D eigenvalue weighted by Gasteiger charge is -2.29. The number of nitrogens with one attached hydrogen (secondary N) is 1. The highest BCUT2D eigenvalue weighted by Gasteiger charge is 2.28. The summed E-state index contributed by atoms with van der Waals surface area (Å²) in [7, 11) is -3.06.